The highest BCUT2D eigenvalue weighted by Crippen LogP contribution is 2.45. The summed E-state index contributed by atoms with van der Waals surface area (Å²) in [5.41, 5.74) is 10.5. The molecule has 8 heteroatoms. The average Bonchev–Trinajstić information content (AvgIpc) is 3.01. The van der Waals surface area contributed by atoms with E-state index in [0.717, 1.165) is 16.9 Å². The van der Waals surface area contributed by atoms with Crippen molar-refractivity contribution in [2.24, 2.45) is 0 Å². The van der Waals surface area contributed by atoms with E-state index in [0.29, 0.717) is 29.9 Å². The number of amides is 1. The Morgan fingerprint density at radius 2 is 2.07 bits per heavy atom. The predicted octanol–water partition coefficient (Wildman–Crippen LogP) is 1.90. The van der Waals surface area contributed by atoms with Crippen molar-refractivity contribution in [3.05, 3.63) is 48.0 Å². The van der Waals surface area contributed by atoms with Crippen LogP contribution in [0.4, 0.5) is 5.82 Å². The van der Waals surface area contributed by atoms with Crippen LogP contribution >= 0.6 is 0 Å². The molecule has 3 aromatic rings. The summed E-state index contributed by atoms with van der Waals surface area (Å²) >= 11 is 0. The van der Waals surface area contributed by atoms with Crippen molar-refractivity contribution in [2.75, 3.05) is 12.8 Å². The second-order valence-electron chi connectivity index (χ2n) is 7.16. The Balaban J connectivity index is 1.77. The Kier molecular flexibility index (Phi) is 4.09. The Bertz CT molecular complexity index is 1000. The van der Waals surface area contributed by atoms with Crippen molar-refractivity contribution in [2.45, 2.75) is 31.3 Å². The number of nitrogens with zero attached hydrogens (tertiary/aromatic N) is 3. The first-order chi connectivity index (χ1) is 12.9. The number of fused-ring (bicyclic) bond motifs is 1. The zero-order chi connectivity index (χ0) is 19.2. The highest BCUT2D eigenvalue weighted by molar-refractivity contribution is 5.94. The Morgan fingerprint density at radius 3 is 2.70 bits per heavy atom. The Morgan fingerprint density at radius 1 is 1.37 bits per heavy atom. The number of hydroxylamine groups is 1. The van der Waals surface area contributed by atoms with Crippen LogP contribution in [0.15, 0.2) is 36.7 Å². The van der Waals surface area contributed by atoms with Gasteiger partial charge in [-0.2, -0.15) is 0 Å². The second kappa shape index (κ2) is 6.33. The van der Waals surface area contributed by atoms with E-state index in [9.17, 15) is 9.90 Å². The molecule has 1 aliphatic rings. The highest BCUT2D eigenvalue weighted by Gasteiger charge is 2.41. The zero-order valence-corrected chi connectivity index (χ0v) is 15.1. The van der Waals surface area contributed by atoms with Gasteiger partial charge >= 0.3 is 0 Å². The average molecular weight is 367 g/mol. The number of carbonyl (C=O) groups excluding carboxylic acids is 1. The molecular formula is C19H21N5O3. The lowest BCUT2D eigenvalue weighted by Crippen LogP contribution is -2.40. The summed E-state index contributed by atoms with van der Waals surface area (Å²) in [5.74, 6) is 1.09. The van der Waals surface area contributed by atoms with Gasteiger partial charge in [0.15, 0.2) is 0 Å². The lowest BCUT2D eigenvalue weighted by molar-refractivity contribution is -0.0335. The number of nitrogens with two attached hydrogens (primary N) is 1. The molecule has 0 spiro atoms. The monoisotopic (exact) mass is 367 g/mol. The predicted molar refractivity (Wildman–Crippen MR) is 99.9 cm³/mol. The fourth-order valence-corrected chi connectivity index (χ4v) is 3.69. The van der Waals surface area contributed by atoms with Gasteiger partial charge in [0.25, 0.3) is 5.91 Å². The maximum Gasteiger partial charge on any atom is 0.274 e. The molecule has 0 unspecified atom stereocenters. The molecule has 0 bridgehead atoms. The number of carbonyl (C=O) groups is 1. The molecule has 4 N–H and O–H groups in total. The van der Waals surface area contributed by atoms with Gasteiger partial charge in [0.05, 0.1) is 12.7 Å². The van der Waals surface area contributed by atoms with Gasteiger partial charge in [-0.15, -0.1) is 0 Å². The summed E-state index contributed by atoms with van der Waals surface area (Å²) in [7, 11) is 1.39. The molecule has 27 heavy (non-hydrogen) atoms. The summed E-state index contributed by atoms with van der Waals surface area (Å²) in [6.07, 6.45) is 4.80. The standard InChI is InChI=1S/C19H21N5O3/c1-19(26)9-13(10-19)17-22-14(15-16(20)21-7-8-24(15)17)11-3-5-12(6-4-11)18(25)23-27-2/h3-8,13,26H,9-10H2,1-2H3,(H2,20,21)(H,23,25)/t13-,19+. The number of nitrogen functional groups attached to an aromatic ring is 1. The van der Waals surface area contributed by atoms with Gasteiger partial charge in [0.2, 0.25) is 0 Å². The molecule has 2 heterocycles. The van der Waals surface area contributed by atoms with Crippen LogP contribution in [0.25, 0.3) is 16.8 Å². The first-order valence-corrected chi connectivity index (χ1v) is 8.68. The van der Waals surface area contributed by atoms with Crippen LogP contribution in [0.5, 0.6) is 0 Å². The third kappa shape index (κ3) is 3.02. The van der Waals surface area contributed by atoms with E-state index >= 15 is 0 Å². The number of nitrogens with one attached hydrogen (secondary N) is 1. The fourth-order valence-electron chi connectivity index (χ4n) is 3.69. The maximum atomic E-state index is 11.9. The summed E-state index contributed by atoms with van der Waals surface area (Å²) in [6, 6.07) is 7.05. The molecule has 0 atom stereocenters. The molecule has 2 aromatic heterocycles. The van der Waals surface area contributed by atoms with Crippen molar-refractivity contribution in [3.63, 3.8) is 0 Å². The number of hydrogen-bond acceptors (Lipinski definition) is 6. The second-order valence-corrected chi connectivity index (χ2v) is 7.16. The van der Waals surface area contributed by atoms with Crippen molar-refractivity contribution in [1.29, 1.82) is 0 Å². The molecule has 140 valence electrons. The zero-order valence-electron chi connectivity index (χ0n) is 15.1. The van der Waals surface area contributed by atoms with Crippen molar-refractivity contribution < 1.29 is 14.7 Å². The third-order valence-electron chi connectivity index (χ3n) is 4.96. The fraction of sp³-hybridized carbons (Fsp3) is 0.316. The van der Waals surface area contributed by atoms with Crippen molar-refractivity contribution in [1.82, 2.24) is 19.8 Å². The van der Waals surface area contributed by atoms with Gasteiger partial charge in [-0.05, 0) is 31.9 Å². The van der Waals surface area contributed by atoms with Gasteiger partial charge in [-0.25, -0.2) is 15.4 Å². The van der Waals surface area contributed by atoms with Crippen LogP contribution in [0, 0.1) is 0 Å². The van der Waals surface area contributed by atoms with Gasteiger partial charge in [0, 0.05) is 29.4 Å². The molecule has 0 radical (unpaired) electrons. The van der Waals surface area contributed by atoms with Crippen LogP contribution in [0.3, 0.4) is 0 Å². The van der Waals surface area contributed by atoms with E-state index in [4.69, 9.17) is 10.7 Å². The van der Waals surface area contributed by atoms with Gasteiger partial charge in [0.1, 0.15) is 22.9 Å². The van der Waals surface area contributed by atoms with Crippen LogP contribution in [-0.2, 0) is 4.84 Å². The topological polar surface area (TPSA) is 115 Å². The molecule has 0 aliphatic heterocycles. The Hall–Kier alpha value is -2.97. The van der Waals surface area contributed by atoms with Gasteiger partial charge in [-0.3, -0.25) is 14.0 Å². The number of aromatic nitrogens is 3. The molecule has 1 aliphatic carbocycles. The van der Waals surface area contributed by atoms with Gasteiger partial charge in [-0.1, -0.05) is 12.1 Å². The molecule has 4 rings (SSSR count). The van der Waals surface area contributed by atoms with Crippen LogP contribution < -0.4 is 11.2 Å². The number of anilines is 1. The first-order valence-electron chi connectivity index (χ1n) is 8.68. The number of hydrogen-bond donors (Lipinski definition) is 3. The van der Waals surface area contributed by atoms with Crippen LogP contribution in [0.1, 0.15) is 41.9 Å². The summed E-state index contributed by atoms with van der Waals surface area (Å²) in [5, 5.41) is 10.1. The third-order valence-corrected chi connectivity index (χ3v) is 4.96. The summed E-state index contributed by atoms with van der Waals surface area (Å²) in [6.45, 7) is 1.83. The van der Waals surface area contributed by atoms with Gasteiger partial charge < -0.3 is 10.8 Å². The summed E-state index contributed by atoms with van der Waals surface area (Å²) in [4.78, 5) is 25.5. The first kappa shape index (κ1) is 17.4. The maximum absolute atomic E-state index is 11.9. The molecule has 1 saturated carbocycles. The van der Waals surface area contributed by atoms with E-state index < -0.39 is 5.60 Å². The number of aliphatic hydroxyl groups is 1. The SMILES string of the molecule is CONC(=O)c1ccc(-c2nc([C@H]3C[C@@](C)(O)C3)n3ccnc(N)c23)cc1. The molecule has 8 nitrogen and oxygen atoms in total. The molecule has 1 amide bonds. The van der Waals surface area contributed by atoms with Crippen LogP contribution in [0.2, 0.25) is 0 Å². The summed E-state index contributed by atoms with van der Waals surface area (Å²) < 4.78 is 1.95. The van der Waals surface area contributed by atoms with E-state index in [1.807, 2.05) is 29.7 Å². The largest absolute Gasteiger partial charge is 0.390 e. The van der Waals surface area contributed by atoms with E-state index in [1.54, 1.807) is 18.3 Å². The van der Waals surface area contributed by atoms with Crippen molar-refractivity contribution in [3.8, 4) is 11.3 Å². The lowest BCUT2D eigenvalue weighted by atomic mass is 9.72. The van der Waals surface area contributed by atoms with Crippen LogP contribution in [-0.4, -0.2) is 38.1 Å². The van der Waals surface area contributed by atoms with E-state index in [-0.39, 0.29) is 11.8 Å². The van der Waals surface area contributed by atoms with Crippen molar-refractivity contribution >= 4 is 17.2 Å². The number of benzene rings is 1. The quantitative estimate of drug-likeness (QED) is 0.607. The smallest absolute Gasteiger partial charge is 0.274 e. The molecule has 1 fully saturated rings. The minimum atomic E-state index is -0.647. The normalized spacial score (nSPS) is 21.8. The molecule has 1 aromatic carbocycles. The molecular weight excluding hydrogens is 346 g/mol. The Labute approximate surface area is 156 Å². The van der Waals surface area contributed by atoms with E-state index in [2.05, 4.69) is 15.3 Å². The lowest BCUT2D eigenvalue weighted by Gasteiger charge is -2.40. The van der Waals surface area contributed by atoms with E-state index in [1.165, 1.54) is 7.11 Å². The number of rotatable bonds is 4. The minimum absolute atomic E-state index is 0.162. The highest BCUT2D eigenvalue weighted by atomic mass is 16.6. The molecule has 0 saturated heterocycles. The minimum Gasteiger partial charge on any atom is -0.390 e. The number of imidazole rings is 1.